The molecule has 0 aliphatic carbocycles. The monoisotopic (exact) mass is 452 g/mol. The van der Waals surface area contributed by atoms with Crippen LogP contribution < -0.4 is 0 Å². The van der Waals surface area contributed by atoms with Crippen LogP contribution in [0.3, 0.4) is 0 Å². The van der Waals surface area contributed by atoms with E-state index in [0.717, 1.165) is 12.2 Å². The van der Waals surface area contributed by atoms with Gasteiger partial charge in [-0.2, -0.15) is 0 Å². The molecule has 160 valence electrons. The van der Waals surface area contributed by atoms with Gasteiger partial charge in [-0.25, -0.2) is 55.1 Å². The average Bonchev–Trinajstić information content (AvgIpc) is 3.48. The Balaban J connectivity index is 1.83. The van der Waals surface area contributed by atoms with Gasteiger partial charge in [0.15, 0.2) is 46.6 Å². The Morgan fingerprint density at radius 2 is 1.06 bits per heavy atom. The quantitative estimate of drug-likeness (QED) is 0.408. The summed E-state index contributed by atoms with van der Waals surface area (Å²) in [7, 11) is 0. The molecule has 4 nitrogen and oxygen atoms in total. The van der Waals surface area contributed by atoms with Crippen molar-refractivity contribution in [2.24, 2.45) is 20.0 Å². The maximum absolute atomic E-state index is 14.7. The normalized spacial score (nSPS) is 22.8. The van der Waals surface area contributed by atoms with Crippen LogP contribution in [0, 0.1) is 0 Å². The Bertz CT molecular complexity index is 1420. The van der Waals surface area contributed by atoms with Crippen molar-refractivity contribution in [3.05, 3.63) is 93.7 Å². The van der Waals surface area contributed by atoms with Gasteiger partial charge in [0.1, 0.15) is 34.2 Å². The van der Waals surface area contributed by atoms with Crippen LogP contribution in [-0.2, 0) is 0 Å². The van der Waals surface area contributed by atoms with Crippen molar-refractivity contribution in [3.63, 3.8) is 0 Å². The fourth-order valence-electron chi connectivity index (χ4n) is 3.12. The summed E-state index contributed by atoms with van der Waals surface area (Å²) in [6.07, 6.45) is 4.32. The fourth-order valence-corrected chi connectivity index (χ4v) is 3.12. The van der Waals surface area contributed by atoms with Gasteiger partial charge in [0.05, 0.1) is 11.4 Å². The third kappa shape index (κ3) is 2.75. The lowest BCUT2D eigenvalue weighted by Crippen LogP contribution is -2.01. The van der Waals surface area contributed by atoms with Gasteiger partial charge in [0.2, 0.25) is 0 Å². The molecule has 0 unspecified atom stereocenters. The highest BCUT2D eigenvalue weighted by atomic mass is 19.2. The van der Waals surface area contributed by atoms with E-state index in [2.05, 4.69) is 20.0 Å². The zero-order valence-corrected chi connectivity index (χ0v) is 15.1. The van der Waals surface area contributed by atoms with E-state index in [1.807, 2.05) is 0 Å². The van der Waals surface area contributed by atoms with E-state index in [1.54, 1.807) is 0 Å². The number of fused-ring (bicyclic) bond motifs is 4. The molecule has 5 aliphatic rings. The number of rotatable bonds is 0. The molecular weight excluding hydrogens is 448 g/mol. The molecule has 0 atom stereocenters. The number of hydrogen-bond acceptors (Lipinski definition) is 4. The lowest BCUT2D eigenvalue weighted by atomic mass is 10.2. The maximum atomic E-state index is 14.7. The summed E-state index contributed by atoms with van der Waals surface area (Å²) in [5.74, 6) is -15.0. The van der Waals surface area contributed by atoms with Crippen LogP contribution in [-0.4, -0.2) is 22.8 Å². The molecule has 5 aliphatic heterocycles. The van der Waals surface area contributed by atoms with Gasteiger partial charge >= 0.3 is 0 Å². The molecule has 5 rings (SSSR count). The molecule has 0 aromatic rings. The van der Waals surface area contributed by atoms with Crippen LogP contribution in [0.25, 0.3) is 0 Å². The number of halogens is 8. The lowest BCUT2D eigenvalue weighted by molar-refractivity contribution is 0.559. The molecule has 0 saturated carbocycles. The second-order valence-electron chi connectivity index (χ2n) is 6.60. The van der Waals surface area contributed by atoms with Crippen molar-refractivity contribution in [2.45, 2.75) is 0 Å². The first-order valence-electron chi connectivity index (χ1n) is 8.62. The summed E-state index contributed by atoms with van der Waals surface area (Å²) in [6, 6.07) is 0. The molecule has 12 heteroatoms. The van der Waals surface area contributed by atoms with E-state index in [4.69, 9.17) is 0 Å². The molecule has 0 aromatic heterocycles. The highest BCUT2D eigenvalue weighted by molar-refractivity contribution is 6.19. The molecule has 0 saturated heterocycles. The minimum absolute atomic E-state index is 0.0388. The fraction of sp³-hybridized carbons (Fsp3) is 0. The minimum Gasteiger partial charge on any atom is -0.249 e. The second kappa shape index (κ2) is 6.77. The van der Waals surface area contributed by atoms with Crippen molar-refractivity contribution in [1.29, 1.82) is 0 Å². The van der Waals surface area contributed by atoms with Crippen molar-refractivity contribution in [2.75, 3.05) is 0 Å². The van der Waals surface area contributed by atoms with Crippen LogP contribution in [0.15, 0.2) is 114 Å². The Morgan fingerprint density at radius 3 is 1.78 bits per heavy atom. The molecule has 0 spiro atoms. The number of nitrogens with zero attached hydrogens (tertiary/aromatic N) is 4. The lowest BCUT2D eigenvalue weighted by Gasteiger charge is -1.99. The molecule has 0 aromatic carbocycles. The first kappa shape index (κ1) is 20.0. The van der Waals surface area contributed by atoms with Crippen LogP contribution in [0.1, 0.15) is 0 Å². The van der Waals surface area contributed by atoms with E-state index in [0.29, 0.717) is 0 Å². The Kier molecular flexibility index (Phi) is 4.23. The molecular formula is C20H4F8N4. The summed E-state index contributed by atoms with van der Waals surface area (Å²) in [5, 5.41) is 0. The molecule has 32 heavy (non-hydrogen) atoms. The summed E-state index contributed by atoms with van der Waals surface area (Å²) in [5.41, 5.74) is -7.35. The minimum atomic E-state index is -2.08. The van der Waals surface area contributed by atoms with E-state index in [9.17, 15) is 35.1 Å². The number of aliphatic imine (C=N–C) groups is 4. The van der Waals surface area contributed by atoms with E-state index >= 15 is 0 Å². The first-order valence-corrected chi connectivity index (χ1v) is 8.62. The summed E-state index contributed by atoms with van der Waals surface area (Å²) < 4.78 is 115. The Morgan fingerprint density at radius 1 is 0.469 bits per heavy atom. The number of hydrogen-bond donors (Lipinski definition) is 0. The summed E-state index contributed by atoms with van der Waals surface area (Å²) in [4.78, 5) is 13.8. The van der Waals surface area contributed by atoms with Crippen molar-refractivity contribution in [3.8, 4) is 0 Å². The topological polar surface area (TPSA) is 49.4 Å². The summed E-state index contributed by atoms with van der Waals surface area (Å²) in [6.45, 7) is 0. The van der Waals surface area contributed by atoms with Gasteiger partial charge in [0, 0.05) is 0 Å². The van der Waals surface area contributed by atoms with E-state index in [-0.39, 0.29) is 11.4 Å². The SMILES string of the molecule is FC1=C(F)C2=NC1=CC1=NC(=CC3=NC(=C(F)C4=NC(=C2F)C(F)=C4F)C(F)=C3F)C=C1. The Hall–Kier alpha value is -3.96. The third-order valence-corrected chi connectivity index (χ3v) is 4.63. The van der Waals surface area contributed by atoms with Gasteiger partial charge in [-0.1, -0.05) is 0 Å². The van der Waals surface area contributed by atoms with Crippen molar-refractivity contribution in [1.82, 2.24) is 0 Å². The number of allylic oxidation sites excluding steroid dienone is 12. The van der Waals surface area contributed by atoms with Gasteiger partial charge in [-0.3, -0.25) is 0 Å². The van der Waals surface area contributed by atoms with Crippen molar-refractivity contribution < 1.29 is 35.1 Å². The highest BCUT2D eigenvalue weighted by Gasteiger charge is 2.38. The molecule has 0 fully saturated rings. The first-order chi connectivity index (χ1) is 15.2. The molecule has 5 heterocycles. The van der Waals surface area contributed by atoms with Gasteiger partial charge in [-0.15, -0.1) is 0 Å². The predicted molar refractivity (Wildman–Crippen MR) is 99.0 cm³/mol. The van der Waals surface area contributed by atoms with E-state index in [1.165, 1.54) is 12.2 Å². The van der Waals surface area contributed by atoms with Crippen molar-refractivity contribution >= 4 is 22.8 Å². The largest absolute Gasteiger partial charge is 0.249 e. The molecule has 0 N–H and O–H groups in total. The standard InChI is InChI=1S/C20H4F8N4/c21-9-7-3-5-1-2-6(29-5)4-8-10(22)12(24)18(31-8)16(28)20-14(26)13(25)19(32-20)15(27)17(30-7)11(9)23/h1-4H. The van der Waals surface area contributed by atoms with Gasteiger partial charge in [0.25, 0.3) is 0 Å². The molecule has 0 amide bonds. The Labute approximate surface area is 172 Å². The predicted octanol–water partition coefficient (Wildman–Crippen LogP) is 5.96. The van der Waals surface area contributed by atoms with Crippen LogP contribution in [0.5, 0.6) is 0 Å². The van der Waals surface area contributed by atoms with Gasteiger partial charge in [-0.05, 0) is 24.3 Å². The van der Waals surface area contributed by atoms with Crippen LogP contribution in [0.4, 0.5) is 35.1 Å². The second-order valence-corrected chi connectivity index (χ2v) is 6.60. The third-order valence-electron chi connectivity index (χ3n) is 4.63. The molecule has 8 bridgehead atoms. The van der Waals surface area contributed by atoms with Crippen LogP contribution in [0.2, 0.25) is 0 Å². The zero-order chi connectivity index (χ0) is 22.9. The highest BCUT2D eigenvalue weighted by Crippen LogP contribution is 2.40. The summed E-state index contributed by atoms with van der Waals surface area (Å²) >= 11 is 0. The van der Waals surface area contributed by atoms with E-state index < -0.39 is 80.8 Å². The van der Waals surface area contributed by atoms with Gasteiger partial charge < -0.3 is 0 Å². The molecule has 0 radical (unpaired) electrons. The van der Waals surface area contributed by atoms with Crippen LogP contribution >= 0.6 is 0 Å². The maximum Gasteiger partial charge on any atom is 0.189 e. The smallest absolute Gasteiger partial charge is 0.189 e. The average molecular weight is 452 g/mol. The zero-order valence-electron chi connectivity index (χ0n) is 15.1.